The first kappa shape index (κ1) is 6.05. The van der Waals surface area contributed by atoms with Gasteiger partial charge in [0.05, 0.1) is 11.8 Å². The number of nitrogens with zero attached hydrogens (tertiary/aromatic N) is 3. The number of fused-ring (bicyclic) bond motifs is 1. The predicted octanol–water partition coefficient (Wildman–Crippen LogP) is 2.35. The van der Waals surface area contributed by atoms with Crippen molar-refractivity contribution < 1.29 is 0 Å². The summed E-state index contributed by atoms with van der Waals surface area (Å²) in [6, 6.07) is 9.19. The third-order valence-corrected chi connectivity index (χ3v) is 1.63. The number of benzene rings is 1. The zero-order valence-corrected chi connectivity index (χ0v) is 5.73. The zero-order chi connectivity index (χ0) is 7.68. The van der Waals surface area contributed by atoms with E-state index in [1.165, 1.54) is 0 Å². The molecule has 1 unspecified atom stereocenters. The van der Waals surface area contributed by atoms with Gasteiger partial charge in [0.1, 0.15) is 0 Å². The molecule has 0 saturated heterocycles. The van der Waals surface area contributed by atoms with Crippen molar-refractivity contribution in [2.24, 2.45) is 10.2 Å². The van der Waals surface area contributed by atoms with Gasteiger partial charge in [-0.1, -0.05) is 18.2 Å². The van der Waals surface area contributed by atoms with Crippen LogP contribution in [0, 0.1) is 11.3 Å². The standard InChI is InChI=1S/C8H5N3/c9-5-8-6-3-1-2-4-7(6)10-11-8/h1-4,8H. The van der Waals surface area contributed by atoms with Crippen molar-refractivity contribution in [1.29, 1.82) is 5.26 Å². The van der Waals surface area contributed by atoms with E-state index in [0.717, 1.165) is 11.3 Å². The summed E-state index contributed by atoms with van der Waals surface area (Å²) >= 11 is 0. The maximum atomic E-state index is 8.61. The smallest absolute Gasteiger partial charge is 0.184 e. The summed E-state index contributed by atoms with van der Waals surface area (Å²) in [5.41, 5.74) is 1.73. The van der Waals surface area contributed by atoms with E-state index in [0.29, 0.717) is 0 Å². The van der Waals surface area contributed by atoms with E-state index >= 15 is 0 Å². The largest absolute Gasteiger partial charge is 0.195 e. The average Bonchev–Trinajstić information content (AvgIpc) is 2.47. The molecule has 0 bridgehead atoms. The van der Waals surface area contributed by atoms with Gasteiger partial charge in [0, 0.05) is 5.56 Å². The third-order valence-electron chi connectivity index (χ3n) is 1.63. The number of nitriles is 1. The summed E-state index contributed by atoms with van der Waals surface area (Å²) in [6.45, 7) is 0. The maximum absolute atomic E-state index is 8.61. The Morgan fingerprint density at radius 1 is 1.36 bits per heavy atom. The minimum Gasteiger partial charge on any atom is -0.195 e. The van der Waals surface area contributed by atoms with Gasteiger partial charge in [0.25, 0.3) is 0 Å². The molecular weight excluding hydrogens is 138 g/mol. The lowest BCUT2D eigenvalue weighted by Gasteiger charge is -1.94. The molecule has 0 aromatic heterocycles. The molecule has 1 heterocycles. The lowest BCUT2D eigenvalue weighted by Crippen LogP contribution is -1.84. The quantitative estimate of drug-likeness (QED) is 0.549. The van der Waals surface area contributed by atoms with Gasteiger partial charge >= 0.3 is 0 Å². The summed E-state index contributed by atoms with van der Waals surface area (Å²) in [7, 11) is 0. The van der Waals surface area contributed by atoms with Crippen molar-refractivity contribution in [3.05, 3.63) is 29.8 Å². The second kappa shape index (κ2) is 2.17. The second-order valence-corrected chi connectivity index (χ2v) is 2.31. The Balaban J connectivity index is 2.56. The van der Waals surface area contributed by atoms with Crippen molar-refractivity contribution in [3.63, 3.8) is 0 Å². The average molecular weight is 143 g/mol. The number of azo groups is 1. The van der Waals surface area contributed by atoms with Crippen LogP contribution >= 0.6 is 0 Å². The van der Waals surface area contributed by atoms with Crippen LogP contribution in [0.4, 0.5) is 5.69 Å². The van der Waals surface area contributed by atoms with Crippen molar-refractivity contribution in [3.8, 4) is 6.07 Å². The molecule has 2 rings (SSSR count). The molecule has 0 spiro atoms. The van der Waals surface area contributed by atoms with E-state index in [1.54, 1.807) is 0 Å². The van der Waals surface area contributed by atoms with Crippen molar-refractivity contribution in [2.75, 3.05) is 0 Å². The Morgan fingerprint density at radius 2 is 2.18 bits per heavy atom. The maximum Gasteiger partial charge on any atom is 0.184 e. The van der Waals surface area contributed by atoms with Gasteiger partial charge in [0.15, 0.2) is 6.04 Å². The topological polar surface area (TPSA) is 48.5 Å². The van der Waals surface area contributed by atoms with E-state index in [2.05, 4.69) is 16.3 Å². The van der Waals surface area contributed by atoms with Crippen LogP contribution in [0.25, 0.3) is 0 Å². The first-order chi connectivity index (χ1) is 5.42. The van der Waals surface area contributed by atoms with Crippen LogP contribution in [0.3, 0.4) is 0 Å². The lowest BCUT2D eigenvalue weighted by molar-refractivity contribution is 0.912. The monoisotopic (exact) mass is 143 g/mol. The molecule has 1 aliphatic heterocycles. The van der Waals surface area contributed by atoms with E-state index < -0.39 is 0 Å². The highest BCUT2D eigenvalue weighted by molar-refractivity contribution is 5.51. The molecule has 0 fully saturated rings. The fourth-order valence-corrected chi connectivity index (χ4v) is 1.09. The van der Waals surface area contributed by atoms with Crippen molar-refractivity contribution >= 4 is 5.69 Å². The summed E-state index contributed by atoms with van der Waals surface area (Å²) in [6.07, 6.45) is 0. The van der Waals surface area contributed by atoms with Crippen LogP contribution in [0.15, 0.2) is 34.5 Å². The van der Waals surface area contributed by atoms with E-state index in [4.69, 9.17) is 5.26 Å². The number of rotatable bonds is 0. The van der Waals surface area contributed by atoms with E-state index in [-0.39, 0.29) is 6.04 Å². The minimum absolute atomic E-state index is 0.383. The highest BCUT2D eigenvalue weighted by Crippen LogP contribution is 2.34. The Labute approximate surface area is 64.0 Å². The SMILES string of the molecule is N#CC1N=Nc2ccccc21. The highest BCUT2D eigenvalue weighted by atomic mass is 15.2. The molecule has 1 aliphatic rings. The van der Waals surface area contributed by atoms with Gasteiger partial charge in [-0.15, -0.1) is 0 Å². The molecule has 0 saturated carbocycles. The third kappa shape index (κ3) is 0.802. The summed E-state index contributed by atoms with van der Waals surface area (Å²) in [5.74, 6) is 0. The Hall–Kier alpha value is -1.69. The predicted molar refractivity (Wildman–Crippen MR) is 39.3 cm³/mol. The van der Waals surface area contributed by atoms with Gasteiger partial charge in [-0.2, -0.15) is 15.5 Å². The van der Waals surface area contributed by atoms with Crippen LogP contribution in [-0.4, -0.2) is 0 Å². The van der Waals surface area contributed by atoms with Gasteiger partial charge in [-0.3, -0.25) is 0 Å². The Morgan fingerprint density at radius 3 is 3.00 bits per heavy atom. The second-order valence-electron chi connectivity index (χ2n) is 2.31. The molecule has 0 radical (unpaired) electrons. The van der Waals surface area contributed by atoms with Crippen LogP contribution < -0.4 is 0 Å². The van der Waals surface area contributed by atoms with E-state index in [1.807, 2.05) is 24.3 Å². The fourth-order valence-electron chi connectivity index (χ4n) is 1.09. The van der Waals surface area contributed by atoms with Gasteiger partial charge < -0.3 is 0 Å². The molecule has 0 N–H and O–H groups in total. The van der Waals surface area contributed by atoms with Crippen molar-refractivity contribution in [1.82, 2.24) is 0 Å². The fraction of sp³-hybridized carbons (Fsp3) is 0.125. The Kier molecular flexibility index (Phi) is 1.19. The number of hydrogen-bond donors (Lipinski definition) is 0. The molecule has 52 valence electrons. The van der Waals surface area contributed by atoms with Crippen LogP contribution in [-0.2, 0) is 0 Å². The Bertz CT molecular complexity index is 349. The summed E-state index contributed by atoms with van der Waals surface area (Å²) in [5, 5.41) is 16.2. The molecule has 1 aromatic carbocycles. The van der Waals surface area contributed by atoms with Crippen LogP contribution in [0.2, 0.25) is 0 Å². The van der Waals surface area contributed by atoms with E-state index in [9.17, 15) is 0 Å². The molecule has 1 aromatic rings. The molecule has 11 heavy (non-hydrogen) atoms. The van der Waals surface area contributed by atoms with Gasteiger partial charge in [-0.05, 0) is 6.07 Å². The van der Waals surface area contributed by atoms with Crippen LogP contribution in [0.5, 0.6) is 0 Å². The van der Waals surface area contributed by atoms with Crippen LogP contribution in [0.1, 0.15) is 11.6 Å². The van der Waals surface area contributed by atoms with Gasteiger partial charge in [0.2, 0.25) is 0 Å². The molecule has 0 aliphatic carbocycles. The first-order valence-electron chi connectivity index (χ1n) is 3.31. The molecule has 1 atom stereocenters. The summed E-state index contributed by atoms with van der Waals surface area (Å²) in [4.78, 5) is 0. The van der Waals surface area contributed by atoms with Gasteiger partial charge in [-0.25, -0.2) is 0 Å². The molecule has 3 nitrogen and oxygen atoms in total. The minimum atomic E-state index is -0.383. The lowest BCUT2D eigenvalue weighted by atomic mass is 10.1. The first-order valence-corrected chi connectivity index (χ1v) is 3.31. The number of hydrogen-bond acceptors (Lipinski definition) is 3. The highest BCUT2D eigenvalue weighted by Gasteiger charge is 2.18. The zero-order valence-electron chi connectivity index (χ0n) is 5.73. The molecule has 0 amide bonds. The summed E-state index contributed by atoms with van der Waals surface area (Å²) < 4.78 is 0. The molecule has 3 heteroatoms. The van der Waals surface area contributed by atoms with Crippen molar-refractivity contribution in [2.45, 2.75) is 6.04 Å². The molecular formula is C8H5N3. The normalized spacial score (nSPS) is 19.4.